The van der Waals surface area contributed by atoms with Gasteiger partial charge in [0.1, 0.15) is 6.54 Å². The average molecular weight is 391 g/mol. The number of aromatic nitrogens is 1. The van der Waals surface area contributed by atoms with E-state index < -0.39 is 15.6 Å². The predicted octanol–water partition coefficient (Wildman–Crippen LogP) is 1.50. The standard InChI is InChI=1S/C19H25N3O4S/c1-4-22(5-2)27(25,26)17-10-11-19(24)21(13-17)14-18(23)20-12-16-9-7-6-8-15(16)3/h6-11,13H,4-5,12,14H2,1-3H3,(H,20,23). The van der Waals surface area contributed by atoms with E-state index in [2.05, 4.69) is 5.32 Å². The topological polar surface area (TPSA) is 88.5 Å². The Morgan fingerprint density at radius 3 is 2.41 bits per heavy atom. The molecule has 146 valence electrons. The van der Waals surface area contributed by atoms with Crippen LogP contribution in [-0.2, 0) is 27.9 Å². The fourth-order valence-electron chi connectivity index (χ4n) is 2.71. The number of pyridine rings is 1. The number of carbonyl (C=O) groups excluding carboxylic acids is 1. The van der Waals surface area contributed by atoms with Crippen LogP contribution in [0, 0.1) is 6.92 Å². The van der Waals surface area contributed by atoms with Gasteiger partial charge in [-0.1, -0.05) is 38.1 Å². The number of carbonyl (C=O) groups is 1. The van der Waals surface area contributed by atoms with Gasteiger partial charge in [0.2, 0.25) is 15.9 Å². The van der Waals surface area contributed by atoms with Crippen LogP contribution in [0.3, 0.4) is 0 Å². The highest BCUT2D eigenvalue weighted by atomic mass is 32.2. The van der Waals surface area contributed by atoms with Gasteiger partial charge in [0.15, 0.2) is 0 Å². The van der Waals surface area contributed by atoms with Crippen molar-refractivity contribution in [3.05, 3.63) is 64.1 Å². The highest BCUT2D eigenvalue weighted by Gasteiger charge is 2.22. The minimum Gasteiger partial charge on any atom is -0.350 e. The summed E-state index contributed by atoms with van der Waals surface area (Å²) in [7, 11) is -3.70. The molecule has 0 fully saturated rings. The van der Waals surface area contributed by atoms with Crippen LogP contribution in [-0.4, -0.2) is 36.3 Å². The quantitative estimate of drug-likeness (QED) is 0.739. The smallest absolute Gasteiger partial charge is 0.251 e. The number of benzene rings is 1. The van der Waals surface area contributed by atoms with E-state index in [1.54, 1.807) is 13.8 Å². The van der Waals surface area contributed by atoms with E-state index in [0.717, 1.165) is 15.7 Å². The Kier molecular flexibility index (Phi) is 6.92. The highest BCUT2D eigenvalue weighted by Crippen LogP contribution is 2.13. The third-order valence-corrected chi connectivity index (χ3v) is 6.38. The normalized spacial score (nSPS) is 11.6. The molecule has 1 amide bonds. The molecule has 0 radical (unpaired) electrons. The third kappa shape index (κ3) is 5.05. The zero-order valence-corrected chi connectivity index (χ0v) is 16.6. The maximum atomic E-state index is 12.6. The van der Waals surface area contributed by atoms with E-state index in [-0.39, 0.29) is 17.3 Å². The summed E-state index contributed by atoms with van der Waals surface area (Å²) < 4.78 is 27.6. The van der Waals surface area contributed by atoms with E-state index in [9.17, 15) is 18.0 Å². The van der Waals surface area contributed by atoms with Gasteiger partial charge >= 0.3 is 0 Å². The lowest BCUT2D eigenvalue weighted by Crippen LogP contribution is -2.34. The van der Waals surface area contributed by atoms with Crippen molar-refractivity contribution in [1.82, 2.24) is 14.2 Å². The number of aryl methyl sites for hydroxylation is 1. The monoisotopic (exact) mass is 391 g/mol. The van der Waals surface area contributed by atoms with Crippen LogP contribution in [0.25, 0.3) is 0 Å². The number of hydrogen-bond acceptors (Lipinski definition) is 4. The molecule has 2 rings (SSSR count). The Morgan fingerprint density at radius 1 is 1.11 bits per heavy atom. The summed E-state index contributed by atoms with van der Waals surface area (Å²) in [5.74, 6) is -0.363. The molecular formula is C19H25N3O4S. The van der Waals surface area contributed by atoms with Crippen LogP contribution < -0.4 is 10.9 Å². The van der Waals surface area contributed by atoms with Crippen LogP contribution >= 0.6 is 0 Å². The molecule has 0 aliphatic heterocycles. The second-order valence-corrected chi connectivity index (χ2v) is 8.06. The lowest BCUT2D eigenvalue weighted by atomic mass is 10.1. The van der Waals surface area contributed by atoms with Crippen molar-refractivity contribution >= 4 is 15.9 Å². The molecule has 8 heteroatoms. The van der Waals surface area contributed by atoms with Gasteiger partial charge in [0.05, 0.1) is 4.90 Å². The van der Waals surface area contributed by atoms with Crippen molar-refractivity contribution in [3.8, 4) is 0 Å². The summed E-state index contributed by atoms with van der Waals surface area (Å²) in [6, 6.07) is 10.1. The van der Waals surface area contributed by atoms with Crippen molar-refractivity contribution in [2.75, 3.05) is 13.1 Å². The Hall–Kier alpha value is -2.45. The lowest BCUT2D eigenvalue weighted by molar-refractivity contribution is -0.121. The predicted molar refractivity (Wildman–Crippen MR) is 104 cm³/mol. The van der Waals surface area contributed by atoms with Gasteiger partial charge in [-0.05, 0) is 24.1 Å². The lowest BCUT2D eigenvalue weighted by Gasteiger charge is -2.19. The van der Waals surface area contributed by atoms with Gasteiger partial charge in [-0.3, -0.25) is 9.59 Å². The van der Waals surface area contributed by atoms with Crippen molar-refractivity contribution in [2.24, 2.45) is 0 Å². The van der Waals surface area contributed by atoms with Crippen LogP contribution in [0.4, 0.5) is 0 Å². The van der Waals surface area contributed by atoms with Crippen LogP contribution in [0.5, 0.6) is 0 Å². The van der Waals surface area contributed by atoms with Crippen molar-refractivity contribution in [2.45, 2.75) is 38.8 Å². The van der Waals surface area contributed by atoms with Gasteiger partial charge in [-0.15, -0.1) is 0 Å². The maximum Gasteiger partial charge on any atom is 0.251 e. The number of sulfonamides is 1. The summed E-state index contributed by atoms with van der Waals surface area (Å²) in [6.07, 6.45) is 1.23. The van der Waals surface area contributed by atoms with E-state index in [4.69, 9.17) is 0 Å². The molecule has 1 N–H and O–H groups in total. The first-order valence-electron chi connectivity index (χ1n) is 8.81. The largest absolute Gasteiger partial charge is 0.350 e. The van der Waals surface area contributed by atoms with E-state index >= 15 is 0 Å². The fraction of sp³-hybridized carbons (Fsp3) is 0.368. The van der Waals surface area contributed by atoms with Crippen LogP contribution in [0.15, 0.2) is 52.3 Å². The van der Waals surface area contributed by atoms with Gasteiger partial charge < -0.3 is 9.88 Å². The number of rotatable bonds is 8. The molecule has 0 saturated heterocycles. The summed E-state index contributed by atoms with van der Waals surface area (Å²) in [5.41, 5.74) is 1.61. The van der Waals surface area contributed by atoms with Gasteiger partial charge in [-0.2, -0.15) is 4.31 Å². The van der Waals surface area contributed by atoms with Crippen LogP contribution in [0.2, 0.25) is 0 Å². The first kappa shape index (κ1) is 20.9. The fourth-order valence-corrected chi connectivity index (χ4v) is 4.19. The molecule has 2 aromatic rings. The molecule has 1 aromatic heterocycles. The molecule has 0 atom stereocenters. The first-order valence-corrected chi connectivity index (χ1v) is 10.3. The molecule has 1 aromatic carbocycles. The first-order chi connectivity index (χ1) is 12.8. The number of hydrogen-bond donors (Lipinski definition) is 1. The molecule has 0 aliphatic rings. The summed E-state index contributed by atoms with van der Waals surface area (Å²) in [6.45, 7) is 6.20. The Morgan fingerprint density at radius 2 is 1.78 bits per heavy atom. The maximum absolute atomic E-state index is 12.6. The van der Waals surface area contributed by atoms with Gasteiger partial charge in [-0.25, -0.2) is 8.42 Å². The third-order valence-electron chi connectivity index (χ3n) is 4.35. The second kappa shape index (κ2) is 8.96. The minimum absolute atomic E-state index is 0.00231. The van der Waals surface area contributed by atoms with E-state index in [0.29, 0.717) is 19.6 Å². The van der Waals surface area contributed by atoms with Crippen molar-refractivity contribution < 1.29 is 13.2 Å². The number of nitrogens with zero attached hydrogens (tertiary/aromatic N) is 2. The molecule has 1 heterocycles. The molecule has 0 bridgehead atoms. The minimum atomic E-state index is -3.70. The molecule has 0 unspecified atom stereocenters. The number of amides is 1. The zero-order valence-electron chi connectivity index (χ0n) is 15.8. The molecular weight excluding hydrogens is 366 g/mol. The van der Waals surface area contributed by atoms with Gasteiger partial charge in [0.25, 0.3) is 5.56 Å². The molecule has 0 aliphatic carbocycles. The SMILES string of the molecule is CCN(CC)S(=O)(=O)c1ccc(=O)n(CC(=O)NCc2ccccc2C)c1. The van der Waals surface area contributed by atoms with E-state index in [1.807, 2.05) is 31.2 Å². The summed E-state index contributed by atoms with van der Waals surface area (Å²) >= 11 is 0. The van der Waals surface area contributed by atoms with Gasteiger partial charge in [0, 0.05) is 31.9 Å². The average Bonchev–Trinajstić information content (AvgIpc) is 2.63. The van der Waals surface area contributed by atoms with Crippen molar-refractivity contribution in [3.63, 3.8) is 0 Å². The van der Waals surface area contributed by atoms with E-state index in [1.165, 1.54) is 22.6 Å². The highest BCUT2D eigenvalue weighted by molar-refractivity contribution is 7.89. The summed E-state index contributed by atoms with van der Waals surface area (Å²) in [4.78, 5) is 24.3. The van der Waals surface area contributed by atoms with Crippen LogP contribution in [0.1, 0.15) is 25.0 Å². The number of nitrogens with one attached hydrogen (secondary N) is 1. The van der Waals surface area contributed by atoms with Crippen molar-refractivity contribution in [1.29, 1.82) is 0 Å². The molecule has 0 saturated carbocycles. The molecule has 27 heavy (non-hydrogen) atoms. The summed E-state index contributed by atoms with van der Waals surface area (Å²) in [5, 5.41) is 2.76. The Bertz CT molecular complexity index is 963. The Balaban J connectivity index is 2.16. The molecule has 7 nitrogen and oxygen atoms in total. The second-order valence-electron chi connectivity index (χ2n) is 6.12. The zero-order chi connectivity index (χ0) is 20.0. The Labute approximate surface area is 159 Å². The molecule has 0 spiro atoms.